The number of halogens is 1. The van der Waals surface area contributed by atoms with Crippen LogP contribution >= 0.6 is 11.6 Å². The summed E-state index contributed by atoms with van der Waals surface area (Å²) in [5.41, 5.74) is 0. The summed E-state index contributed by atoms with van der Waals surface area (Å²) in [7, 11) is 0.796. The number of likely N-dealkylation sites (N-methyl/N-ethyl adjacent to an activating group) is 1. The van der Waals surface area contributed by atoms with E-state index < -0.39 is 10.0 Å². The summed E-state index contributed by atoms with van der Waals surface area (Å²) < 4.78 is 25.3. The van der Waals surface area contributed by atoms with Gasteiger partial charge in [0.2, 0.25) is 10.0 Å². The number of nitrogens with zero attached hydrogens (tertiary/aromatic N) is 2. The second-order valence-electron chi connectivity index (χ2n) is 4.17. The van der Waals surface area contributed by atoms with E-state index in [1.807, 2.05) is 19.0 Å². The summed E-state index contributed by atoms with van der Waals surface area (Å²) in [6, 6.07) is 0.133. The van der Waals surface area contributed by atoms with Crippen molar-refractivity contribution < 1.29 is 8.42 Å². The van der Waals surface area contributed by atoms with Crippen LogP contribution in [0.1, 0.15) is 12.8 Å². The fraction of sp³-hybridized carbons (Fsp3) is 1.00. The van der Waals surface area contributed by atoms with Gasteiger partial charge in [0, 0.05) is 25.0 Å². The lowest BCUT2D eigenvalue weighted by Crippen LogP contribution is -2.42. The summed E-state index contributed by atoms with van der Waals surface area (Å²) in [6.45, 7) is 1.44. The first-order valence-electron chi connectivity index (χ1n) is 5.17. The zero-order chi connectivity index (χ0) is 11.5. The maximum absolute atomic E-state index is 11.8. The molecule has 1 saturated heterocycles. The Balaban J connectivity index is 2.67. The topological polar surface area (TPSA) is 40.6 Å². The van der Waals surface area contributed by atoms with Crippen LogP contribution in [0.3, 0.4) is 0 Å². The van der Waals surface area contributed by atoms with Crippen LogP contribution < -0.4 is 0 Å². The van der Waals surface area contributed by atoms with Crippen LogP contribution in [-0.4, -0.2) is 62.5 Å². The molecule has 1 atom stereocenters. The molecule has 0 aliphatic carbocycles. The van der Waals surface area contributed by atoms with E-state index in [0.717, 1.165) is 19.4 Å². The highest BCUT2D eigenvalue weighted by Gasteiger charge is 2.33. The van der Waals surface area contributed by atoms with Crippen molar-refractivity contribution >= 4 is 21.6 Å². The average Bonchev–Trinajstić information content (AvgIpc) is 2.51. The maximum Gasteiger partial charge on any atom is 0.215 e. The highest BCUT2D eigenvalue weighted by atomic mass is 35.5. The van der Waals surface area contributed by atoms with Gasteiger partial charge in [-0.05, 0) is 26.9 Å². The fourth-order valence-corrected chi connectivity index (χ4v) is 4.04. The summed E-state index contributed by atoms with van der Waals surface area (Å²) in [5, 5.41) is 0. The summed E-state index contributed by atoms with van der Waals surface area (Å²) >= 11 is 5.50. The standard InChI is InChI=1S/C9H19ClN2O2S/c1-11(2)8-9-4-3-6-12(9)15(13,14)7-5-10/h9H,3-8H2,1-2H3. The van der Waals surface area contributed by atoms with Crippen LogP contribution in [-0.2, 0) is 10.0 Å². The molecular weight excluding hydrogens is 236 g/mol. The van der Waals surface area contributed by atoms with Crippen molar-refractivity contribution in [2.75, 3.05) is 38.8 Å². The number of hydrogen-bond acceptors (Lipinski definition) is 3. The Labute approximate surface area is 97.2 Å². The van der Waals surface area contributed by atoms with E-state index in [2.05, 4.69) is 0 Å². The third-order valence-corrected chi connectivity index (χ3v) is 4.92. The van der Waals surface area contributed by atoms with Gasteiger partial charge in [-0.25, -0.2) is 8.42 Å². The van der Waals surface area contributed by atoms with Gasteiger partial charge in [-0.3, -0.25) is 0 Å². The normalized spacial score (nSPS) is 23.9. The average molecular weight is 255 g/mol. The molecule has 0 aromatic heterocycles. The first kappa shape index (κ1) is 13.2. The predicted octanol–water partition coefficient (Wildman–Crippen LogP) is 0.581. The van der Waals surface area contributed by atoms with Crippen molar-refractivity contribution in [2.45, 2.75) is 18.9 Å². The van der Waals surface area contributed by atoms with Crippen LogP contribution in [0.4, 0.5) is 0 Å². The zero-order valence-corrected chi connectivity index (χ0v) is 10.9. The minimum absolute atomic E-state index is 0.0541. The van der Waals surface area contributed by atoms with E-state index in [0.29, 0.717) is 6.54 Å². The summed E-state index contributed by atoms with van der Waals surface area (Å²) in [5.74, 6) is 0.228. The van der Waals surface area contributed by atoms with Crippen LogP contribution in [0.5, 0.6) is 0 Å². The Morgan fingerprint density at radius 2 is 2.13 bits per heavy atom. The molecule has 1 heterocycles. The Kier molecular flexibility index (Phi) is 4.83. The lowest BCUT2D eigenvalue weighted by Gasteiger charge is -2.26. The third kappa shape index (κ3) is 3.59. The van der Waals surface area contributed by atoms with Crippen molar-refractivity contribution in [3.05, 3.63) is 0 Å². The van der Waals surface area contributed by atoms with Gasteiger partial charge in [-0.2, -0.15) is 4.31 Å². The van der Waals surface area contributed by atoms with Crippen molar-refractivity contribution in [1.82, 2.24) is 9.21 Å². The Bertz CT molecular complexity index is 292. The van der Waals surface area contributed by atoms with Gasteiger partial charge in [-0.15, -0.1) is 11.6 Å². The van der Waals surface area contributed by atoms with E-state index >= 15 is 0 Å². The van der Waals surface area contributed by atoms with E-state index in [4.69, 9.17) is 11.6 Å². The van der Waals surface area contributed by atoms with Gasteiger partial charge in [-0.1, -0.05) is 0 Å². The molecule has 1 aliphatic heterocycles. The van der Waals surface area contributed by atoms with E-state index in [-0.39, 0.29) is 17.7 Å². The van der Waals surface area contributed by atoms with E-state index in [1.54, 1.807) is 4.31 Å². The first-order valence-corrected chi connectivity index (χ1v) is 7.32. The molecule has 0 spiro atoms. The van der Waals surface area contributed by atoms with Gasteiger partial charge in [0.1, 0.15) is 0 Å². The molecule has 1 fully saturated rings. The molecule has 0 aromatic carbocycles. The molecule has 15 heavy (non-hydrogen) atoms. The van der Waals surface area contributed by atoms with Crippen LogP contribution in [0.2, 0.25) is 0 Å². The second-order valence-corrected chi connectivity index (χ2v) is 6.59. The maximum atomic E-state index is 11.8. The molecule has 0 radical (unpaired) electrons. The van der Waals surface area contributed by atoms with Gasteiger partial charge < -0.3 is 4.90 Å². The van der Waals surface area contributed by atoms with Crippen molar-refractivity contribution in [3.63, 3.8) is 0 Å². The smallest absolute Gasteiger partial charge is 0.215 e. The summed E-state index contributed by atoms with van der Waals surface area (Å²) in [6.07, 6.45) is 1.92. The lowest BCUT2D eigenvalue weighted by molar-refractivity contribution is 0.291. The molecular formula is C9H19ClN2O2S. The van der Waals surface area contributed by atoms with Crippen molar-refractivity contribution in [3.8, 4) is 0 Å². The lowest BCUT2D eigenvalue weighted by atomic mass is 10.2. The summed E-state index contributed by atoms with van der Waals surface area (Å²) in [4.78, 5) is 2.03. The Hall–Kier alpha value is 0.160. The highest BCUT2D eigenvalue weighted by molar-refractivity contribution is 7.89. The minimum atomic E-state index is -3.13. The fourth-order valence-electron chi connectivity index (χ4n) is 1.99. The van der Waals surface area contributed by atoms with Crippen molar-refractivity contribution in [1.29, 1.82) is 0 Å². The highest BCUT2D eigenvalue weighted by Crippen LogP contribution is 2.21. The van der Waals surface area contributed by atoms with Gasteiger partial charge in [0.05, 0.1) is 5.75 Å². The van der Waals surface area contributed by atoms with E-state index in [9.17, 15) is 8.42 Å². The predicted molar refractivity (Wildman–Crippen MR) is 62.8 cm³/mol. The zero-order valence-electron chi connectivity index (χ0n) is 9.32. The molecule has 0 saturated carbocycles. The largest absolute Gasteiger partial charge is 0.308 e. The second kappa shape index (κ2) is 5.48. The number of rotatable bonds is 5. The molecule has 90 valence electrons. The number of hydrogen-bond donors (Lipinski definition) is 0. The monoisotopic (exact) mass is 254 g/mol. The molecule has 0 bridgehead atoms. The quantitative estimate of drug-likeness (QED) is 0.674. The molecule has 0 amide bonds. The first-order chi connectivity index (χ1) is 6.97. The van der Waals surface area contributed by atoms with Crippen molar-refractivity contribution in [2.24, 2.45) is 0 Å². The van der Waals surface area contributed by atoms with Crippen LogP contribution in [0, 0.1) is 0 Å². The number of sulfonamides is 1. The molecule has 1 unspecified atom stereocenters. The number of alkyl halides is 1. The SMILES string of the molecule is CN(C)CC1CCCN1S(=O)(=O)CCCl. The molecule has 0 aromatic rings. The van der Waals surface area contributed by atoms with Gasteiger partial charge >= 0.3 is 0 Å². The van der Waals surface area contributed by atoms with E-state index in [1.165, 1.54) is 0 Å². The molecule has 4 nitrogen and oxygen atoms in total. The van der Waals surface area contributed by atoms with Crippen LogP contribution in [0.15, 0.2) is 0 Å². The van der Waals surface area contributed by atoms with Gasteiger partial charge in [0.15, 0.2) is 0 Å². The molecule has 1 aliphatic rings. The Morgan fingerprint density at radius 1 is 1.47 bits per heavy atom. The van der Waals surface area contributed by atoms with Crippen LogP contribution in [0.25, 0.3) is 0 Å². The Morgan fingerprint density at radius 3 is 2.67 bits per heavy atom. The minimum Gasteiger partial charge on any atom is -0.308 e. The third-order valence-electron chi connectivity index (χ3n) is 2.59. The molecule has 0 N–H and O–H groups in total. The van der Waals surface area contributed by atoms with Gasteiger partial charge in [0.25, 0.3) is 0 Å². The molecule has 6 heteroatoms. The molecule has 1 rings (SSSR count).